The fraction of sp³-hybridized carbons (Fsp3) is 0.143. The van der Waals surface area contributed by atoms with Crippen molar-refractivity contribution in [2.24, 2.45) is 0 Å². The number of hydrogen-bond acceptors (Lipinski definition) is 4. The maximum Gasteiger partial charge on any atom is 0.390 e. The molecule has 0 heterocycles. The van der Waals surface area contributed by atoms with E-state index in [1.165, 1.54) is 13.2 Å². The molecule has 0 amide bonds. The van der Waals surface area contributed by atoms with E-state index in [0.29, 0.717) is 0 Å². The first-order chi connectivity index (χ1) is 6.90. The van der Waals surface area contributed by atoms with Gasteiger partial charge in [-0.05, 0) is 15.9 Å². The minimum Gasteiger partial charge on any atom is -0.495 e. The second-order valence-corrected chi connectivity index (χ2v) is 4.72. The monoisotopic (exact) mass is 293 g/mol. The largest absolute Gasteiger partial charge is 0.495 e. The molecule has 0 aliphatic rings. The van der Waals surface area contributed by atoms with E-state index in [9.17, 15) is 8.42 Å². The summed E-state index contributed by atoms with van der Waals surface area (Å²) >= 11 is 2.95. The SMILES string of the molecule is COc1cc([N+]#N)cc(S(=O)(=O)O)c1Br. The van der Waals surface area contributed by atoms with Crippen molar-refractivity contribution < 1.29 is 17.7 Å². The van der Waals surface area contributed by atoms with Gasteiger partial charge in [-0.2, -0.15) is 8.42 Å². The summed E-state index contributed by atoms with van der Waals surface area (Å²) < 4.78 is 35.6. The number of nitrogens with zero attached hydrogens (tertiary/aromatic N) is 2. The summed E-state index contributed by atoms with van der Waals surface area (Å²) in [5.74, 6) is 0.137. The predicted octanol–water partition coefficient (Wildman–Crippen LogP) is 2.19. The number of benzene rings is 1. The molecule has 0 bridgehead atoms. The van der Waals surface area contributed by atoms with Gasteiger partial charge in [0.25, 0.3) is 10.1 Å². The molecule has 0 aliphatic heterocycles. The summed E-state index contributed by atoms with van der Waals surface area (Å²) in [5, 5.41) is 8.52. The number of halogens is 1. The zero-order chi connectivity index (χ0) is 11.6. The summed E-state index contributed by atoms with van der Waals surface area (Å²) in [5.41, 5.74) is -0.0392. The topological polar surface area (TPSA) is 91.8 Å². The Kier molecular flexibility index (Phi) is 3.28. The van der Waals surface area contributed by atoms with Crippen LogP contribution in [0.4, 0.5) is 5.69 Å². The van der Waals surface area contributed by atoms with Crippen molar-refractivity contribution in [3.8, 4) is 5.75 Å². The molecule has 0 aromatic heterocycles. The molecule has 1 aromatic carbocycles. The van der Waals surface area contributed by atoms with Crippen LogP contribution in [0, 0.1) is 5.39 Å². The van der Waals surface area contributed by atoms with Crippen LogP contribution in [0.5, 0.6) is 5.75 Å². The minimum atomic E-state index is -4.40. The van der Waals surface area contributed by atoms with E-state index in [0.717, 1.165) is 6.07 Å². The lowest BCUT2D eigenvalue weighted by molar-refractivity contribution is 0.409. The Balaban J connectivity index is 3.60. The first-order valence-electron chi connectivity index (χ1n) is 3.60. The number of diazo groups is 1. The van der Waals surface area contributed by atoms with Gasteiger partial charge in [-0.1, -0.05) is 0 Å². The highest BCUT2D eigenvalue weighted by Gasteiger charge is 2.23. The van der Waals surface area contributed by atoms with E-state index >= 15 is 0 Å². The van der Waals surface area contributed by atoms with Gasteiger partial charge in [0.15, 0.2) is 4.98 Å². The summed E-state index contributed by atoms with van der Waals surface area (Å²) in [6, 6.07) is 2.31. The number of rotatable bonds is 2. The third-order valence-corrected chi connectivity index (χ3v) is 3.56. The maximum absolute atomic E-state index is 10.9. The van der Waals surface area contributed by atoms with Gasteiger partial charge in [-0.15, -0.1) is 0 Å². The third kappa shape index (κ3) is 2.44. The number of ether oxygens (including phenoxy) is 1. The second kappa shape index (κ2) is 4.14. The summed E-state index contributed by atoms with van der Waals surface area (Å²) in [6.07, 6.45) is 0. The fourth-order valence-electron chi connectivity index (χ4n) is 0.952. The zero-order valence-electron chi connectivity index (χ0n) is 7.51. The van der Waals surface area contributed by atoms with Crippen molar-refractivity contribution in [2.75, 3.05) is 7.11 Å². The fourth-order valence-corrected chi connectivity index (χ4v) is 2.55. The molecule has 0 spiro atoms. The van der Waals surface area contributed by atoms with Crippen LogP contribution in [0.2, 0.25) is 0 Å². The molecule has 15 heavy (non-hydrogen) atoms. The molecule has 1 aromatic rings. The first-order valence-corrected chi connectivity index (χ1v) is 5.83. The first kappa shape index (κ1) is 11.9. The Labute approximate surface area is 94.4 Å². The maximum atomic E-state index is 10.9. The van der Waals surface area contributed by atoms with Gasteiger partial charge in [0, 0.05) is 0 Å². The third-order valence-electron chi connectivity index (χ3n) is 1.60. The smallest absolute Gasteiger partial charge is 0.390 e. The van der Waals surface area contributed by atoms with E-state index in [-0.39, 0.29) is 15.9 Å². The Morgan fingerprint density at radius 3 is 2.53 bits per heavy atom. The van der Waals surface area contributed by atoms with Crippen LogP contribution in [-0.4, -0.2) is 20.1 Å². The molecule has 0 radical (unpaired) electrons. The Morgan fingerprint density at radius 1 is 1.53 bits per heavy atom. The van der Waals surface area contributed by atoms with Crippen molar-refractivity contribution in [2.45, 2.75) is 4.90 Å². The molecular weight excluding hydrogens is 288 g/mol. The molecule has 6 nitrogen and oxygen atoms in total. The van der Waals surface area contributed by atoms with Gasteiger partial charge in [0.1, 0.15) is 10.6 Å². The van der Waals surface area contributed by atoms with E-state index in [1.54, 1.807) is 0 Å². The molecule has 0 aliphatic carbocycles. The molecule has 0 unspecified atom stereocenters. The normalized spacial score (nSPS) is 10.8. The van der Waals surface area contributed by atoms with Crippen molar-refractivity contribution >= 4 is 31.7 Å². The van der Waals surface area contributed by atoms with E-state index in [2.05, 4.69) is 20.9 Å². The molecule has 1 N–H and O–H groups in total. The molecule has 8 heteroatoms. The van der Waals surface area contributed by atoms with Crippen LogP contribution in [0.15, 0.2) is 21.5 Å². The predicted molar refractivity (Wildman–Crippen MR) is 55.3 cm³/mol. The van der Waals surface area contributed by atoms with E-state index in [1.807, 2.05) is 0 Å². The Bertz CT molecular complexity index is 535. The van der Waals surface area contributed by atoms with Gasteiger partial charge >= 0.3 is 5.69 Å². The van der Waals surface area contributed by atoms with Gasteiger partial charge in [0.2, 0.25) is 5.39 Å². The van der Waals surface area contributed by atoms with Crippen LogP contribution in [0.25, 0.3) is 4.98 Å². The van der Waals surface area contributed by atoms with Crippen LogP contribution < -0.4 is 4.74 Å². The van der Waals surface area contributed by atoms with E-state index < -0.39 is 15.0 Å². The van der Waals surface area contributed by atoms with Gasteiger partial charge < -0.3 is 4.74 Å². The standard InChI is InChI=1S/C7H5BrN2O4S/c1-14-5-2-4(10-9)3-6(7(5)8)15(11,12)13/h2-3H,1H3/p+1. The van der Waals surface area contributed by atoms with Crippen LogP contribution in [0.3, 0.4) is 0 Å². The molecule has 0 saturated heterocycles. The van der Waals surface area contributed by atoms with Gasteiger partial charge in [-0.25, -0.2) is 0 Å². The zero-order valence-corrected chi connectivity index (χ0v) is 9.91. The Morgan fingerprint density at radius 2 is 2.13 bits per heavy atom. The average Bonchev–Trinajstić information content (AvgIpc) is 2.16. The lowest BCUT2D eigenvalue weighted by Crippen LogP contribution is -2.00. The Hall–Kier alpha value is -1.17. The lowest BCUT2D eigenvalue weighted by atomic mass is 10.3. The molecule has 0 atom stereocenters. The van der Waals surface area contributed by atoms with Crippen molar-refractivity contribution in [3.05, 3.63) is 21.6 Å². The average molecular weight is 294 g/mol. The highest BCUT2D eigenvalue weighted by Crippen LogP contribution is 2.35. The van der Waals surface area contributed by atoms with Gasteiger partial charge in [-0.3, -0.25) is 4.55 Å². The number of hydrogen-bond donors (Lipinski definition) is 1. The minimum absolute atomic E-state index is 0.0392. The summed E-state index contributed by atoms with van der Waals surface area (Å²) in [6.45, 7) is 0. The van der Waals surface area contributed by atoms with Crippen LogP contribution in [0.1, 0.15) is 0 Å². The van der Waals surface area contributed by atoms with Crippen molar-refractivity contribution in [3.63, 3.8) is 0 Å². The summed E-state index contributed by atoms with van der Waals surface area (Å²) in [7, 11) is -3.08. The van der Waals surface area contributed by atoms with Crippen molar-refractivity contribution in [1.82, 2.24) is 0 Å². The van der Waals surface area contributed by atoms with Crippen LogP contribution >= 0.6 is 15.9 Å². The summed E-state index contributed by atoms with van der Waals surface area (Å²) in [4.78, 5) is 2.40. The highest BCUT2D eigenvalue weighted by atomic mass is 79.9. The highest BCUT2D eigenvalue weighted by molar-refractivity contribution is 9.10. The lowest BCUT2D eigenvalue weighted by Gasteiger charge is -2.04. The molecule has 80 valence electrons. The number of methoxy groups -OCH3 is 1. The molecular formula is C7H6BrN2O4S+. The van der Waals surface area contributed by atoms with E-state index in [4.69, 9.17) is 14.7 Å². The molecule has 1 rings (SSSR count). The molecule has 0 saturated carbocycles. The van der Waals surface area contributed by atoms with Crippen LogP contribution in [-0.2, 0) is 10.1 Å². The quantitative estimate of drug-likeness (QED) is 0.666. The second-order valence-electron chi connectivity index (χ2n) is 2.54. The molecule has 0 fully saturated rings. The van der Waals surface area contributed by atoms with Gasteiger partial charge in [0.05, 0.1) is 23.7 Å². The van der Waals surface area contributed by atoms with Crippen molar-refractivity contribution in [1.29, 1.82) is 5.39 Å².